The molecule has 7 heteroatoms. The molecule has 1 N–H and O–H groups in total. The highest BCUT2D eigenvalue weighted by molar-refractivity contribution is 7.89. The highest BCUT2D eigenvalue weighted by atomic mass is 32.2. The Morgan fingerprint density at radius 1 is 1.30 bits per heavy atom. The molecule has 0 bridgehead atoms. The molecule has 1 fully saturated rings. The van der Waals surface area contributed by atoms with Gasteiger partial charge < -0.3 is 4.57 Å². The quantitative estimate of drug-likeness (QED) is 0.897. The highest BCUT2D eigenvalue weighted by Gasteiger charge is 2.25. The smallest absolute Gasteiger partial charge is 0.240 e. The molecule has 3 rings (SSSR count). The van der Waals surface area contributed by atoms with Crippen molar-refractivity contribution in [1.29, 1.82) is 0 Å². The molecule has 2 heterocycles. The molecule has 0 amide bonds. The monoisotopic (exact) mass is 334 g/mol. The SMILES string of the molecule is Cn1ccnc1CN1CCC[C@@H](NS(=O)(=O)c2ccccc2)C1. The molecule has 124 valence electrons. The van der Waals surface area contributed by atoms with Gasteiger partial charge in [-0.1, -0.05) is 18.2 Å². The number of hydrogen-bond acceptors (Lipinski definition) is 4. The van der Waals surface area contributed by atoms with Crippen molar-refractivity contribution in [3.8, 4) is 0 Å². The van der Waals surface area contributed by atoms with E-state index >= 15 is 0 Å². The Labute approximate surface area is 137 Å². The molecule has 0 saturated carbocycles. The predicted octanol–water partition coefficient (Wildman–Crippen LogP) is 1.36. The number of nitrogens with one attached hydrogen (secondary N) is 1. The molecular formula is C16H22N4O2S. The van der Waals surface area contributed by atoms with Crippen molar-refractivity contribution in [2.24, 2.45) is 7.05 Å². The Hall–Kier alpha value is -1.70. The molecule has 0 aliphatic carbocycles. The van der Waals surface area contributed by atoms with Crippen molar-refractivity contribution in [2.45, 2.75) is 30.3 Å². The molecule has 1 aromatic heterocycles. The van der Waals surface area contributed by atoms with Crippen molar-refractivity contribution in [1.82, 2.24) is 19.2 Å². The van der Waals surface area contributed by atoms with E-state index in [-0.39, 0.29) is 6.04 Å². The minimum absolute atomic E-state index is 0.0609. The molecule has 23 heavy (non-hydrogen) atoms. The first-order chi connectivity index (χ1) is 11.0. The first-order valence-electron chi connectivity index (χ1n) is 7.80. The van der Waals surface area contributed by atoms with Gasteiger partial charge in [0.05, 0.1) is 11.4 Å². The Balaban J connectivity index is 1.64. The van der Waals surface area contributed by atoms with E-state index in [1.807, 2.05) is 23.9 Å². The van der Waals surface area contributed by atoms with E-state index in [0.29, 0.717) is 11.4 Å². The second kappa shape index (κ2) is 6.82. The number of benzene rings is 1. The summed E-state index contributed by atoms with van der Waals surface area (Å²) >= 11 is 0. The van der Waals surface area contributed by atoms with E-state index in [0.717, 1.165) is 31.8 Å². The van der Waals surface area contributed by atoms with E-state index in [1.165, 1.54) is 0 Å². The second-order valence-electron chi connectivity index (χ2n) is 5.96. The first-order valence-corrected chi connectivity index (χ1v) is 9.29. The summed E-state index contributed by atoms with van der Waals surface area (Å²) in [7, 11) is -1.48. The largest absolute Gasteiger partial charge is 0.337 e. The second-order valence-corrected chi connectivity index (χ2v) is 7.68. The van der Waals surface area contributed by atoms with Crippen molar-refractivity contribution in [2.75, 3.05) is 13.1 Å². The molecule has 0 radical (unpaired) electrons. The van der Waals surface area contributed by atoms with Crippen LogP contribution in [0.5, 0.6) is 0 Å². The fraction of sp³-hybridized carbons (Fsp3) is 0.438. The molecule has 1 saturated heterocycles. The molecule has 6 nitrogen and oxygen atoms in total. The lowest BCUT2D eigenvalue weighted by Gasteiger charge is -2.32. The van der Waals surface area contributed by atoms with Crippen molar-refractivity contribution in [3.05, 3.63) is 48.5 Å². The molecule has 1 aliphatic rings. The summed E-state index contributed by atoms with van der Waals surface area (Å²) in [5.74, 6) is 0.997. The van der Waals surface area contributed by atoms with Crippen LogP contribution in [0, 0.1) is 0 Å². The summed E-state index contributed by atoms with van der Waals surface area (Å²) in [4.78, 5) is 6.91. The Kier molecular flexibility index (Phi) is 4.79. The van der Waals surface area contributed by atoms with Crippen LogP contribution in [0.15, 0.2) is 47.6 Å². The standard InChI is InChI=1S/C16H22N4O2S/c1-19-11-9-17-16(19)13-20-10-5-6-14(12-20)18-23(21,22)15-7-3-2-4-8-15/h2-4,7-9,11,14,18H,5-6,10,12-13H2,1H3/t14-/m1/s1. The average Bonchev–Trinajstić information content (AvgIpc) is 2.93. The molecule has 0 spiro atoms. The van der Waals surface area contributed by atoms with Crippen molar-refractivity contribution in [3.63, 3.8) is 0 Å². The van der Waals surface area contributed by atoms with Crippen LogP contribution < -0.4 is 4.72 Å². The lowest BCUT2D eigenvalue weighted by Crippen LogP contribution is -2.47. The normalized spacial score (nSPS) is 19.8. The molecule has 1 aromatic carbocycles. The maximum atomic E-state index is 12.4. The lowest BCUT2D eigenvalue weighted by molar-refractivity contribution is 0.189. The van der Waals surface area contributed by atoms with E-state index in [2.05, 4.69) is 14.6 Å². The average molecular weight is 334 g/mol. The summed E-state index contributed by atoms with van der Waals surface area (Å²) in [5.41, 5.74) is 0. The Morgan fingerprint density at radius 2 is 2.09 bits per heavy atom. The number of piperidine rings is 1. The van der Waals surface area contributed by atoms with Gasteiger partial charge in [-0.25, -0.2) is 18.1 Å². The zero-order valence-electron chi connectivity index (χ0n) is 13.2. The molecule has 2 aromatic rings. The third-order valence-corrected chi connectivity index (χ3v) is 5.70. The highest BCUT2D eigenvalue weighted by Crippen LogP contribution is 2.16. The zero-order valence-corrected chi connectivity index (χ0v) is 14.0. The number of aryl methyl sites for hydroxylation is 1. The van der Waals surface area contributed by atoms with Gasteiger partial charge in [0.2, 0.25) is 10.0 Å². The van der Waals surface area contributed by atoms with Gasteiger partial charge >= 0.3 is 0 Å². The van der Waals surface area contributed by atoms with E-state index in [9.17, 15) is 8.42 Å². The Bertz CT molecular complexity index is 742. The van der Waals surface area contributed by atoms with Gasteiger partial charge in [-0.15, -0.1) is 0 Å². The first kappa shape index (κ1) is 16.2. The summed E-state index contributed by atoms with van der Waals surface area (Å²) in [6.45, 7) is 2.42. The fourth-order valence-corrected chi connectivity index (χ4v) is 4.21. The lowest BCUT2D eigenvalue weighted by atomic mass is 10.1. The summed E-state index contributed by atoms with van der Waals surface area (Å²) in [5, 5.41) is 0. The maximum absolute atomic E-state index is 12.4. The van der Waals surface area contributed by atoms with Crippen LogP contribution in [0.3, 0.4) is 0 Å². The van der Waals surface area contributed by atoms with Gasteiger partial charge in [0.1, 0.15) is 5.82 Å². The fourth-order valence-electron chi connectivity index (χ4n) is 2.93. The van der Waals surface area contributed by atoms with Crippen LogP contribution in [0.25, 0.3) is 0 Å². The summed E-state index contributed by atoms with van der Waals surface area (Å²) < 4.78 is 29.7. The minimum atomic E-state index is -3.45. The van der Waals surface area contributed by atoms with E-state index < -0.39 is 10.0 Å². The van der Waals surface area contributed by atoms with Gasteiger partial charge in [-0.3, -0.25) is 4.90 Å². The summed E-state index contributed by atoms with van der Waals surface area (Å²) in [6.07, 6.45) is 5.55. The van der Waals surface area contributed by atoms with Gasteiger partial charge in [-0.2, -0.15) is 0 Å². The van der Waals surface area contributed by atoms with Gasteiger partial charge in [0, 0.05) is 32.0 Å². The minimum Gasteiger partial charge on any atom is -0.337 e. The topological polar surface area (TPSA) is 67.2 Å². The zero-order chi connectivity index (χ0) is 16.3. The van der Waals surface area contributed by atoms with Gasteiger partial charge in [0.25, 0.3) is 0 Å². The van der Waals surface area contributed by atoms with E-state index in [1.54, 1.807) is 30.5 Å². The predicted molar refractivity (Wildman–Crippen MR) is 88.3 cm³/mol. The molecule has 1 atom stereocenters. The van der Waals surface area contributed by atoms with Crippen molar-refractivity contribution < 1.29 is 8.42 Å². The van der Waals surface area contributed by atoms with Crippen LogP contribution in [-0.4, -0.2) is 42.0 Å². The number of aromatic nitrogens is 2. The third kappa shape index (κ3) is 3.99. The maximum Gasteiger partial charge on any atom is 0.240 e. The number of hydrogen-bond donors (Lipinski definition) is 1. The number of nitrogens with zero attached hydrogens (tertiary/aromatic N) is 3. The number of likely N-dealkylation sites (tertiary alicyclic amines) is 1. The molecule has 0 unspecified atom stereocenters. The van der Waals surface area contributed by atoms with Gasteiger partial charge in [-0.05, 0) is 31.5 Å². The summed E-state index contributed by atoms with van der Waals surface area (Å²) in [6, 6.07) is 8.47. The molecular weight excluding hydrogens is 312 g/mol. The van der Waals surface area contributed by atoms with Crippen LogP contribution in [0.4, 0.5) is 0 Å². The van der Waals surface area contributed by atoms with Crippen LogP contribution in [0.2, 0.25) is 0 Å². The van der Waals surface area contributed by atoms with Crippen LogP contribution >= 0.6 is 0 Å². The molecule has 1 aliphatic heterocycles. The van der Waals surface area contributed by atoms with Crippen LogP contribution in [0.1, 0.15) is 18.7 Å². The number of imidazole rings is 1. The number of rotatable bonds is 5. The van der Waals surface area contributed by atoms with Gasteiger partial charge in [0.15, 0.2) is 0 Å². The van der Waals surface area contributed by atoms with Crippen molar-refractivity contribution >= 4 is 10.0 Å². The van der Waals surface area contributed by atoms with Crippen LogP contribution in [-0.2, 0) is 23.6 Å². The van der Waals surface area contributed by atoms with E-state index in [4.69, 9.17) is 0 Å². The third-order valence-electron chi connectivity index (χ3n) is 4.17. The number of sulfonamides is 1. The Morgan fingerprint density at radius 3 is 2.78 bits per heavy atom.